The summed E-state index contributed by atoms with van der Waals surface area (Å²) in [6, 6.07) is 0.0674. The van der Waals surface area contributed by atoms with E-state index in [1.165, 1.54) is 0 Å². The normalized spacial score (nSPS) is 17.9. The fourth-order valence-electron chi connectivity index (χ4n) is 3.36. The first-order valence-corrected chi connectivity index (χ1v) is 23.1. The van der Waals surface area contributed by atoms with Gasteiger partial charge in [0.25, 0.3) is 0 Å². The van der Waals surface area contributed by atoms with Crippen LogP contribution in [-0.4, -0.2) is 29.6 Å². The van der Waals surface area contributed by atoms with E-state index in [1.807, 2.05) is 59.8 Å². The maximum atomic E-state index is 14.8. The Morgan fingerprint density at radius 2 is 1.38 bits per heavy atom. The van der Waals surface area contributed by atoms with E-state index in [9.17, 15) is 7.00 Å². The number of halogens is 2. The van der Waals surface area contributed by atoms with Crippen LogP contribution in [0, 0.1) is 0 Å². The van der Waals surface area contributed by atoms with Crippen LogP contribution in [0.25, 0.3) is 0 Å². The third-order valence-corrected chi connectivity index (χ3v) is 40.3. The SMILES string of the molecule is CC(C)[NH][Zr]([NH]C(C)C)([NH]C(C)C)([C]1=CC=CC1)[GeH]([F])[F]. The third kappa shape index (κ3) is 4.14. The Hall–Kier alpha value is 0.646. The van der Waals surface area contributed by atoms with Gasteiger partial charge in [-0.2, -0.15) is 0 Å². The minimum atomic E-state index is -4.89. The summed E-state index contributed by atoms with van der Waals surface area (Å²) in [7, 11) is 0. The number of allylic oxidation sites excluding steroid dienone is 4. The van der Waals surface area contributed by atoms with Crippen molar-refractivity contribution >= 4 is 11.5 Å². The van der Waals surface area contributed by atoms with Gasteiger partial charge in [-0.05, 0) is 0 Å². The molecule has 0 saturated carbocycles. The number of rotatable bonds is 8. The molecule has 0 spiro atoms. The molecule has 0 atom stereocenters. The molecule has 0 unspecified atom stereocenters. The van der Waals surface area contributed by atoms with Gasteiger partial charge >= 0.3 is 133 Å². The van der Waals surface area contributed by atoms with Crippen LogP contribution in [0.4, 0.5) is 7.00 Å². The molecule has 0 aromatic rings. The quantitative estimate of drug-likeness (QED) is 0.507. The molecule has 3 nitrogen and oxygen atoms in total. The second-order valence-corrected chi connectivity index (χ2v) is 38.3. The molecule has 123 valence electrons. The first-order chi connectivity index (χ1) is 9.63. The van der Waals surface area contributed by atoms with Gasteiger partial charge in [0.05, 0.1) is 0 Å². The second-order valence-electron chi connectivity index (χ2n) is 6.85. The summed E-state index contributed by atoms with van der Waals surface area (Å²) in [5.41, 5.74) is 0. The van der Waals surface area contributed by atoms with E-state index in [0.717, 1.165) is 3.28 Å². The molecule has 0 aromatic carbocycles. The predicted octanol–water partition coefficient (Wildman–Crippen LogP) is 2.92. The van der Waals surface area contributed by atoms with Gasteiger partial charge in [0.1, 0.15) is 0 Å². The van der Waals surface area contributed by atoms with Gasteiger partial charge in [-0.3, -0.25) is 0 Å². The average Bonchev–Trinajstić information content (AvgIpc) is 2.79. The molecule has 0 bridgehead atoms. The zero-order valence-electron chi connectivity index (χ0n) is 14.0. The van der Waals surface area contributed by atoms with Crippen molar-refractivity contribution < 1.29 is 24.1 Å². The van der Waals surface area contributed by atoms with Crippen molar-refractivity contribution in [3.8, 4) is 0 Å². The van der Waals surface area contributed by atoms with E-state index in [1.54, 1.807) is 0 Å². The second kappa shape index (κ2) is 7.48. The zero-order valence-corrected chi connectivity index (χ0v) is 18.9. The molecule has 1 aliphatic carbocycles. The van der Waals surface area contributed by atoms with Crippen molar-refractivity contribution in [2.75, 3.05) is 0 Å². The minimum absolute atomic E-state index is 0.0225. The predicted molar refractivity (Wildman–Crippen MR) is 86.0 cm³/mol. The van der Waals surface area contributed by atoms with Crippen LogP contribution in [0.5, 0.6) is 0 Å². The van der Waals surface area contributed by atoms with Crippen LogP contribution in [0.3, 0.4) is 0 Å². The van der Waals surface area contributed by atoms with E-state index >= 15 is 0 Å². The molecule has 0 aliphatic heterocycles. The first kappa shape index (κ1) is 19.7. The molecule has 3 N–H and O–H groups in total. The van der Waals surface area contributed by atoms with E-state index < -0.39 is 28.6 Å². The summed E-state index contributed by atoms with van der Waals surface area (Å²) in [4.78, 5) is 0. The summed E-state index contributed by atoms with van der Waals surface area (Å²) in [5.74, 6) is 0. The van der Waals surface area contributed by atoms with Gasteiger partial charge in [0.2, 0.25) is 0 Å². The van der Waals surface area contributed by atoms with Crippen molar-refractivity contribution in [2.24, 2.45) is 0 Å². The van der Waals surface area contributed by atoms with E-state index in [4.69, 9.17) is 0 Å². The standard InChI is InChI=1S/C5H5.3C3H8N.F2GeH.Zr/c1-2-4-5-3-1;3*1-3(2)4;1-3-2;/h1-3H,4H2;3*3-4H,1-2H3;3H;/q;3*-1;;+3. The molecule has 0 aromatic heterocycles. The number of hydrogen-bond donors (Lipinski definition) is 3. The van der Waals surface area contributed by atoms with Crippen molar-refractivity contribution in [2.45, 2.75) is 66.1 Å². The Morgan fingerprint density at radius 3 is 1.62 bits per heavy atom. The van der Waals surface area contributed by atoms with Crippen molar-refractivity contribution in [1.82, 2.24) is 9.78 Å². The van der Waals surface area contributed by atoms with Crippen LogP contribution in [0.15, 0.2) is 21.5 Å². The van der Waals surface area contributed by atoms with Crippen LogP contribution in [0.1, 0.15) is 48.0 Å². The Bertz CT molecular complexity index is 393. The van der Waals surface area contributed by atoms with Gasteiger partial charge in [0.15, 0.2) is 0 Å². The van der Waals surface area contributed by atoms with E-state index in [0.29, 0.717) is 6.42 Å². The van der Waals surface area contributed by atoms with Gasteiger partial charge in [-0.15, -0.1) is 0 Å². The Morgan fingerprint density at radius 1 is 0.952 bits per heavy atom. The zero-order chi connectivity index (χ0) is 16.3. The summed E-state index contributed by atoms with van der Waals surface area (Å²) in [5, 5.41) is 0. The van der Waals surface area contributed by atoms with Crippen molar-refractivity contribution in [3.63, 3.8) is 0 Å². The van der Waals surface area contributed by atoms with E-state index in [2.05, 4.69) is 9.78 Å². The van der Waals surface area contributed by atoms with Gasteiger partial charge < -0.3 is 0 Å². The molecule has 1 rings (SSSR count). The summed E-state index contributed by atoms with van der Waals surface area (Å²) < 4.78 is 40.7. The topological polar surface area (TPSA) is 36.1 Å². The van der Waals surface area contributed by atoms with Crippen LogP contribution >= 0.6 is 0 Å². The molecule has 1 aliphatic rings. The number of hydrogen-bond acceptors (Lipinski definition) is 3. The Balaban J connectivity index is 3.50. The molecule has 0 heterocycles. The fraction of sp³-hybridized carbons (Fsp3) is 0.714. The van der Waals surface area contributed by atoms with Crippen LogP contribution < -0.4 is 9.78 Å². The Kier molecular flexibility index (Phi) is 7.01. The molecular formula is C14H30F2GeN3Zr. The van der Waals surface area contributed by atoms with Gasteiger partial charge in [-0.1, -0.05) is 0 Å². The molecule has 7 heteroatoms. The maximum absolute atomic E-state index is 14.8. The average molecular weight is 442 g/mol. The first-order valence-electron chi connectivity index (χ1n) is 7.77. The molecule has 0 fully saturated rings. The molecule has 0 amide bonds. The van der Waals surface area contributed by atoms with Gasteiger partial charge in [-0.25, -0.2) is 0 Å². The van der Waals surface area contributed by atoms with Crippen molar-refractivity contribution in [3.05, 3.63) is 21.5 Å². The Labute approximate surface area is 132 Å². The molecule has 21 heavy (non-hydrogen) atoms. The monoisotopic (exact) mass is 442 g/mol. The summed E-state index contributed by atoms with van der Waals surface area (Å²) in [6.07, 6.45) is 6.46. The fourth-order valence-corrected chi connectivity index (χ4v) is 41.5. The summed E-state index contributed by atoms with van der Waals surface area (Å²) >= 11 is -9.45. The van der Waals surface area contributed by atoms with Crippen LogP contribution in [0.2, 0.25) is 0 Å². The summed E-state index contributed by atoms with van der Waals surface area (Å²) in [6.45, 7) is 11.8. The van der Waals surface area contributed by atoms with Gasteiger partial charge in [0, 0.05) is 0 Å². The van der Waals surface area contributed by atoms with Crippen LogP contribution in [-0.2, 0) is 17.1 Å². The number of nitrogens with one attached hydrogen (secondary N) is 3. The molecule has 0 radical (unpaired) electrons. The van der Waals surface area contributed by atoms with Crippen molar-refractivity contribution in [1.29, 1.82) is 0 Å². The molecular weight excluding hydrogens is 412 g/mol. The molecule has 0 saturated heterocycles. The van der Waals surface area contributed by atoms with E-state index in [-0.39, 0.29) is 18.1 Å². The third-order valence-electron chi connectivity index (χ3n) is 3.64.